The van der Waals surface area contributed by atoms with Crippen LogP contribution in [-0.4, -0.2) is 46.7 Å². The average Bonchev–Trinajstić information content (AvgIpc) is 3.27. The van der Waals surface area contributed by atoms with E-state index in [1.165, 1.54) is 5.56 Å². The van der Waals surface area contributed by atoms with Gasteiger partial charge in [-0.1, -0.05) is 24.3 Å². The van der Waals surface area contributed by atoms with Crippen molar-refractivity contribution in [1.29, 1.82) is 0 Å². The van der Waals surface area contributed by atoms with Gasteiger partial charge in [0.15, 0.2) is 0 Å². The Morgan fingerprint density at radius 3 is 2.61 bits per heavy atom. The Hall–Kier alpha value is -3.19. The van der Waals surface area contributed by atoms with Crippen molar-refractivity contribution in [2.75, 3.05) is 31.2 Å². The lowest BCUT2D eigenvalue weighted by molar-refractivity contribution is 0.0949. The first kappa shape index (κ1) is 18.2. The van der Waals surface area contributed by atoms with Crippen LogP contribution in [0.15, 0.2) is 61.3 Å². The molecule has 0 aliphatic carbocycles. The van der Waals surface area contributed by atoms with Gasteiger partial charge >= 0.3 is 0 Å². The maximum atomic E-state index is 12.7. The minimum absolute atomic E-state index is 0.114. The molecule has 28 heavy (non-hydrogen) atoms. The average molecular weight is 377 g/mol. The number of nitrogens with zero attached hydrogens (tertiary/aromatic N) is 4. The number of aromatic nitrogens is 3. The number of carbonyl (C=O) groups excluding carboxylic acids is 1. The molecular formula is C21H23N5O2. The number of carbonyl (C=O) groups is 1. The maximum absolute atomic E-state index is 12.7. The smallest absolute Gasteiger partial charge is 0.255 e. The first-order valence-corrected chi connectivity index (χ1v) is 9.39. The molecule has 0 atom stereocenters. The van der Waals surface area contributed by atoms with Crippen molar-refractivity contribution in [2.45, 2.75) is 13.1 Å². The summed E-state index contributed by atoms with van der Waals surface area (Å²) >= 11 is 0. The van der Waals surface area contributed by atoms with Crippen LogP contribution >= 0.6 is 0 Å². The SMILES string of the molecule is O=C(NCc1ccc(Cn2ccnc2)cc1)c1cccnc1N1CCOCC1. The van der Waals surface area contributed by atoms with Gasteiger partial charge in [0.25, 0.3) is 5.91 Å². The molecule has 1 N–H and O–H groups in total. The van der Waals surface area contributed by atoms with Gasteiger partial charge in [0, 0.05) is 44.8 Å². The van der Waals surface area contributed by atoms with E-state index in [0.29, 0.717) is 25.3 Å². The Morgan fingerprint density at radius 1 is 1.07 bits per heavy atom. The van der Waals surface area contributed by atoms with Crippen LogP contribution in [0.5, 0.6) is 0 Å². The van der Waals surface area contributed by atoms with Gasteiger partial charge in [-0.2, -0.15) is 0 Å². The molecule has 1 aromatic carbocycles. The summed E-state index contributed by atoms with van der Waals surface area (Å²) in [6.45, 7) is 4.06. The van der Waals surface area contributed by atoms with Crippen molar-refractivity contribution in [3.63, 3.8) is 0 Å². The van der Waals surface area contributed by atoms with Gasteiger partial charge in [-0.3, -0.25) is 4.79 Å². The fourth-order valence-electron chi connectivity index (χ4n) is 3.23. The van der Waals surface area contributed by atoms with E-state index in [2.05, 4.69) is 32.3 Å². The molecule has 2 aromatic heterocycles. The second-order valence-corrected chi connectivity index (χ2v) is 6.71. The Bertz CT molecular complexity index is 903. The van der Waals surface area contributed by atoms with Crippen LogP contribution in [0.3, 0.4) is 0 Å². The van der Waals surface area contributed by atoms with Crippen LogP contribution in [0.1, 0.15) is 21.5 Å². The van der Waals surface area contributed by atoms with E-state index < -0.39 is 0 Å². The number of pyridine rings is 1. The van der Waals surface area contributed by atoms with Crippen molar-refractivity contribution < 1.29 is 9.53 Å². The number of morpholine rings is 1. The van der Waals surface area contributed by atoms with E-state index in [1.807, 2.05) is 29.0 Å². The van der Waals surface area contributed by atoms with E-state index in [9.17, 15) is 4.79 Å². The fourth-order valence-corrected chi connectivity index (χ4v) is 3.23. The highest BCUT2D eigenvalue weighted by Crippen LogP contribution is 2.18. The van der Waals surface area contributed by atoms with E-state index in [-0.39, 0.29) is 5.91 Å². The van der Waals surface area contributed by atoms with Gasteiger partial charge in [-0.15, -0.1) is 0 Å². The van der Waals surface area contributed by atoms with E-state index in [0.717, 1.165) is 31.0 Å². The maximum Gasteiger partial charge on any atom is 0.255 e. The third-order valence-electron chi connectivity index (χ3n) is 4.74. The minimum Gasteiger partial charge on any atom is -0.378 e. The monoisotopic (exact) mass is 377 g/mol. The molecule has 0 spiro atoms. The molecule has 1 amide bonds. The van der Waals surface area contributed by atoms with Crippen molar-refractivity contribution >= 4 is 11.7 Å². The summed E-state index contributed by atoms with van der Waals surface area (Å²) in [6.07, 6.45) is 7.23. The van der Waals surface area contributed by atoms with E-state index in [1.54, 1.807) is 24.8 Å². The van der Waals surface area contributed by atoms with Gasteiger partial charge in [-0.05, 0) is 23.3 Å². The van der Waals surface area contributed by atoms with E-state index in [4.69, 9.17) is 4.74 Å². The van der Waals surface area contributed by atoms with Crippen molar-refractivity contribution in [1.82, 2.24) is 19.9 Å². The first-order valence-electron chi connectivity index (χ1n) is 9.39. The third-order valence-corrected chi connectivity index (χ3v) is 4.74. The molecule has 1 aliphatic rings. The number of rotatable bonds is 6. The highest BCUT2D eigenvalue weighted by atomic mass is 16.5. The predicted molar refractivity (Wildman–Crippen MR) is 106 cm³/mol. The summed E-state index contributed by atoms with van der Waals surface area (Å²) in [7, 11) is 0. The van der Waals surface area contributed by atoms with Crippen LogP contribution in [0.2, 0.25) is 0 Å². The van der Waals surface area contributed by atoms with Gasteiger partial charge in [0.2, 0.25) is 0 Å². The summed E-state index contributed by atoms with van der Waals surface area (Å²) in [6, 6.07) is 11.8. The van der Waals surface area contributed by atoms with Crippen LogP contribution in [0.25, 0.3) is 0 Å². The summed E-state index contributed by atoms with van der Waals surface area (Å²) in [5.41, 5.74) is 2.84. The van der Waals surface area contributed by atoms with E-state index >= 15 is 0 Å². The molecule has 1 saturated heterocycles. The summed E-state index contributed by atoms with van der Waals surface area (Å²) in [5, 5.41) is 3.01. The molecule has 0 bridgehead atoms. The standard InChI is InChI=1S/C21H23N5O2/c27-21(19-2-1-7-23-20(19)26-10-12-28-13-11-26)24-14-17-3-5-18(6-4-17)15-25-9-8-22-16-25/h1-9,16H,10-15H2,(H,24,27). The molecule has 3 heterocycles. The zero-order valence-electron chi connectivity index (χ0n) is 15.6. The molecule has 0 radical (unpaired) electrons. The molecule has 7 heteroatoms. The lowest BCUT2D eigenvalue weighted by Crippen LogP contribution is -2.38. The molecule has 0 unspecified atom stereocenters. The van der Waals surface area contributed by atoms with Crippen LogP contribution in [-0.2, 0) is 17.8 Å². The first-order chi connectivity index (χ1) is 13.8. The second kappa shape index (κ2) is 8.67. The molecule has 3 aromatic rings. The largest absolute Gasteiger partial charge is 0.378 e. The normalized spacial score (nSPS) is 14.1. The number of benzene rings is 1. The number of hydrogen-bond acceptors (Lipinski definition) is 5. The summed E-state index contributed by atoms with van der Waals surface area (Å²) in [4.78, 5) is 23.3. The zero-order valence-corrected chi connectivity index (χ0v) is 15.6. The Labute approximate surface area is 164 Å². The lowest BCUT2D eigenvalue weighted by atomic mass is 10.1. The zero-order chi connectivity index (χ0) is 19.2. The number of nitrogens with one attached hydrogen (secondary N) is 1. The van der Waals surface area contributed by atoms with Gasteiger partial charge < -0.3 is 19.5 Å². The lowest BCUT2D eigenvalue weighted by Gasteiger charge is -2.29. The second-order valence-electron chi connectivity index (χ2n) is 6.71. The molecule has 1 fully saturated rings. The van der Waals surface area contributed by atoms with Gasteiger partial charge in [-0.25, -0.2) is 9.97 Å². The fraction of sp³-hybridized carbons (Fsp3) is 0.286. The molecule has 4 rings (SSSR count). The highest BCUT2D eigenvalue weighted by molar-refractivity contribution is 5.98. The van der Waals surface area contributed by atoms with Gasteiger partial charge in [0.05, 0.1) is 25.1 Å². The van der Waals surface area contributed by atoms with Crippen molar-refractivity contribution in [3.05, 3.63) is 78.0 Å². The predicted octanol–water partition coefficient (Wildman–Crippen LogP) is 2.09. The third kappa shape index (κ3) is 4.37. The highest BCUT2D eigenvalue weighted by Gasteiger charge is 2.19. The summed E-state index contributed by atoms with van der Waals surface area (Å²) in [5.74, 6) is 0.607. The topological polar surface area (TPSA) is 72.3 Å². The Balaban J connectivity index is 1.38. The number of amides is 1. The van der Waals surface area contributed by atoms with Crippen LogP contribution in [0.4, 0.5) is 5.82 Å². The van der Waals surface area contributed by atoms with Crippen LogP contribution in [0, 0.1) is 0 Å². The minimum atomic E-state index is -0.114. The number of anilines is 1. The molecular weight excluding hydrogens is 354 g/mol. The van der Waals surface area contributed by atoms with Crippen LogP contribution < -0.4 is 10.2 Å². The Morgan fingerprint density at radius 2 is 1.86 bits per heavy atom. The molecule has 0 saturated carbocycles. The quantitative estimate of drug-likeness (QED) is 0.712. The molecule has 1 aliphatic heterocycles. The Kier molecular flexibility index (Phi) is 5.63. The molecule has 144 valence electrons. The summed E-state index contributed by atoms with van der Waals surface area (Å²) < 4.78 is 7.41. The molecule has 7 nitrogen and oxygen atoms in total. The van der Waals surface area contributed by atoms with Crippen molar-refractivity contribution in [2.24, 2.45) is 0 Å². The number of ether oxygens (including phenoxy) is 1. The van der Waals surface area contributed by atoms with Crippen molar-refractivity contribution in [3.8, 4) is 0 Å². The number of imidazole rings is 1. The number of hydrogen-bond donors (Lipinski definition) is 1. The van der Waals surface area contributed by atoms with Gasteiger partial charge in [0.1, 0.15) is 5.82 Å².